The summed E-state index contributed by atoms with van der Waals surface area (Å²) in [5.74, 6) is 0.354. The van der Waals surface area contributed by atoms with Gasteiger partial charge in [-0.15, -0.1) is 0 Å². The second-order valence-corrected chi connectivity index (χ2v) is 9.25. The van der Waals surface area contributed by atoms with Crippen molar-refractivity contribution < 1.29 is 10.2 Å². The Bertz CT molecular complexity index is 1900. The van der Waals surface area contributed by atoms with E-state index >= 15 is 0 Å². The number of phenolic OH excluding ortho intramolecular Hbond substituents is 2. The minimum Gasteiger partial charge on any atom is -0.507 e. The van der Waals surface area contributed by atoms with Crippen LogP contribution in [-0.2, 0) is 0 Å². The van der Waals surface area contributed by atoms with Crippen LogP contribution in [0.15, 0.2) is 97.1 Å². The third-order valence-corrected chi connectivity index (χ3v) is 7.50. The van der Waals surface area contributed by atoms with E-state index in [0.717, 1.165) is 32.3 Å². The Morgan fingerprint density at radius 3 is 1.12 bits per heavy atom. The molecule has 0 spiro atoms. The zero-order valence-electron chi connectivity index (χ0n) is 18.1. The fraction of sp³-hybridized carbons (Fsp3) is 0. The average Bonchev–Trinajstić information content (AvgIpc) is 2.86. The van der Waals surface area contributed by atoms with Crippen LogP contribution >= 0.6 is 0 Å². The molecule has 0 fully saturated rings. The van der Waals surface area contributed by atoms with Crippen LogP contribution in [0.1, 0.15) is 0 Å². The van der Waals surface area contributed by atoms with Crippen molar-refractivity contribution in [1.29, 1.82) is 0 Å². The van der Waals surface area contributed by atoms with Crippen LogP contribution in [0.25, 0.3) is 75.8 Å². The number of hydrogen-bond donors (Lipinski definition) is 2. The minimum absolute atomic E-state index is 0.177. The highest BCUT2D eigenvalue weighted by Crippen LogP contribution is 2.50. The van der Waals surface area contributed by atoms with Gasteiger partial charge in [0.15, 0.2) is 0 Å². The van der Waals surface area contributed by atoms with Crippen molar-refractivity contribution >= 4 is 64.6 Å². The third-order valence-electron chi connectivity index (χ3n) is 7.50. The molecule has 0 atom stereocenters. The molecule has 8 rings (SSSR count). The van der Waals surface area contributed by atoms with Crippen LogP contribution in [0.4, 0.5) is 0 Å². The van der Waals surface area contributed by atoms with Gasteiger partial charge in [-0.25, -0.2) is 0 Å². The highest BCUT2D eigenvalue weighted by atomic mass is 16.3. The number of phenols is 2. The standard InChI is InChI=1S/C32H18O2/c33-25-15-21-9-7-17-3-1-5-19-11-13-23(29(21)27(17)19)31(25)32-24-14-12-20-6-2-4-18-8-10-22(16-26(32)34)30(24)28(18)20/h1-16,33-34H. The zero-order valence-corrected chi connectivity index (χ0v) is 18.1. The van der Waals surface area contributed by atoms with E-state index in [1.165, 1.54) is 32.3 Å². The third kappa shape index (κ3) is 2.11. The minimum atomic E-state index is 0.177. The topological polar surface area (TPSA) is 40.5 Å². The first-order chi connectivity index (χ1) is 16.7. The first-order valence-electron chi connectivity index (χ1n) is 11.5. The Labute approximate surface area is 194 Å². The lowest BCUT2D eigenvalue weighted by molar-refractivity contribution is 0.471. The van der Waals surface area contributed by atoms with Gasteiger partial charge in [0.05, 0.1) is 0 Å². The summed E-state index contributed by atoms with van der Waals surface area (Å²) in [5.41, 5.74) is 1.36. The molecule has 2 heteroatoms. The van der Waals surface area contributed by atoms with Crippen molar-refractivity contribution in [3.8, 4) is 22.6 Å². The van der Waals surface area contributed by atoms with Crippen molar-refractivity contribution in [3.63, 3.8) is 0 Å². The van der Waals surface area contributed by atoms with Gasteiger partial charge in [-0.05, 0) is 76.8 Å². The molecule has 0 unspecified atom stereocenters. The summed E-state index contributed by atoms with van der Waals surface area (Å²) in [6.07, 6.45) is 0. The predicted molar refractivity (Wildman–Crippen MR) is 143 cm³/mol. The van der Waals surface area contributed by atoms with Crippen molar-refractivity contribution in [1.82, 2.24) is 0 Å². The molecule has 0 radical (unpaired) electrons. The van der Waals surface area contributed by atoms with Crippen LogP contribution in [0.5, 0.6) is 11.5 Å². The molecule has 8 aromatic carbocycles. The molecule has 34 heavy (non-hydrogen) atoms. The van der Waals surface area contributed by atoms with Gasteiger partial charge in [0.2, 0.25) is 0 Å². The second-order valence-electron chi connectivity index (χ2n) is 9.25. The van der Waals surface area contributed by atoms with E-state index in [9.17, 15) is 10.2 Å². The van der Waals surface area contributed by atoms with Crippen LogP contribution in [0.2, 0.25) is 0 Å². The smallest absolute Gasteiger partial charge is 0.124 e. The Morgan fingerprint density at radius 1 is 0.353 bits per heavy atom. The van der Waals surface area contributed by atoms with Crippen molar-refractivity contribution in [2.75, 3.05) is 0 Å². The molecular formula is C32H18O2. The van der Waals surface area contributed by atoms with Gasteiger partial charge >= 0.3 is 0 Å². The lowest BCUT2D eigenvalue weighted by Gasteiger charge is -2.19. The van der Waals surface area contributed by atoms with E-state index in [1.807, 2.05) is 12.1 Å². The Hall–Kier alpha value is -4.56. The summed E-state index contributed by atoms with van der Waals surface area (Å²) in [4.78, 5) is 0. The quantitative estimate of drug-likeness (QED) is 0.254. The van der Waals surface area contributed by atoms with Gasteiger partial charge in [0.1, 0.15) is 11.5 Å². The molecule has 0 aliphatic carbocycles. The summed E-state index contributed by atoms with van der Waals surface area (Å²) in [5, 5.41) is 35.9. The first kappa shape index (κ1) is 17.9. The first-order valence-corrected chi connectivity index (χ1v) is 11.5. The largest absolute Gasteiger partial charge is 0.507 e. The van der Waals surface area contributed by atoms with Gasteiger partial charge in [0.25, 0.3) is 0 Å². The van der Waals surface area contributed by atoms with Gasteiger partial charge in [-0.1, -0.05) is 84.9 Å². The summed E-state index contributed by atoms with van der Waals surface area (Å²) in [6, 6.07) is 33.1. The molecular weight excluding hydrogens is 416 g/mol. The molecule has 2 nitrogen and oxygen atoms in total. The fourth-order valence-corrected chi connectivity index (χ4v) is 6.12. The normalized spacial score (nSPS) is 12.4. The molecule has 158 valence electrons. The molecule has 8 aromatic rings. The van der Waals surface area contributed by atoms with E-state index in [1.54, 1.807) is 0 Å². The van der Waals surface area contributed by atoms with Crippen molar-refractivity contribution in [2.24, 2.45) is 0 Å². The molecule has 0 saturated carbocycles. The fourth-order valence-electron chi connectivity index (χ4n) is 6.12. The Balaban J connectivity index is 1.62. The van der Waals surface area contributed by atoms with Gasteiger partial charge in [-0.2, -0.15) is 0 Å². The van der Waals surface area contributed by atoms with E-state index < -0.39 is 0 Å². The zero-order chi connectivity index (χ0) is 22.6. The summed E-state index contributed by atoms with van der Waals surface area (Å²) in [7, 11) is 0. The van der Waals surface area contributed by atoms with E-state index in [0.29, 0.717) is 11.1 Å². The highest BCUT2D eigenvalue weighted by Gasteiger charge is 2.22. The summed E-state index contributed by atoms with van der Waals surface area (Å²) in [6.45, 7) is 0. The van der Waals surface area contributed by atoms with E-state index in [2.05, 4.69) is 84.9 Å². The molecule has 2 N–H and O–H groups in total. The van der Waals surface area contributed by atoms with Crippen LogP contribution < -0.4 is 0 Å². The molecule has 0 amide bonds. The molecule has 0 aliphatic heterocycles. The summed E-state index contributed by atoms with van der Waals surface area (Å²) < 4.78 is 0. The maximum Gasteiger partial charge on any atom is 0.124 e. The molecule has 0 aromatic heterocycles. The number of rotatable bonds is 1. The SMILES string of the molecule is Oc1cc2ccc3cccc4ccc(c1-c1c(O)cc5ccc6cccc7ccc1c5c67)c2c34. The molecule has 0 bridgehead atoms. The average molecular weight is 434 g/mol. The van der Waals surface area contributed by atoms with Crippen LogP contribution in [0.3, 0.4) is 0 Å². The number of hydrogen-bond acceptors (Lipinski definition) is 2. The van der Waals surface area contributed by atoms with Crippen LogP contribution in [0, 0.1) is 0 Å². The summed E-state index contributed by atoms with van der Waals surface area (Å²) >= 11 is 0. The lowest BCUT2D eigenvalue weighted by Crippen LogP contribution is -1.91. The van der Waals surface area contributed by atoms with E-state index in [4.69, 9.17) is 0 Å². The van der Waals surface area contributed by atoms with Gasteiger partial charge < -0.3 is 10.2 Å². The molecule has 0 aliphatic rings. The number of aromatic hydroxyl groups is 2. The predicted octanol–water partition coefficient (Wildman–Crippen LogP) is 8.56. The van der Waals surface area contributed by atoms with Crippen LogP contribution in [-0.4, -0.2) is 10.2 Å². The molecule has 0 saturated heterocycles. The van der Waals surface area contributed by atoms with Crippen molar-refractivity contribution in [3.05, 3.63) is 97.1 Å². The maximum atomic E-state index is 11.3. The van der Waals surface area contributed by atoms with Gasteiger partial charge in [0, 0.05) is 11.1 Å². The van der Waals surface area contributed by atoms with Gasteiger partial charge in [-0.3, -0.25) is 0 Å². The second kappa shape index (κ2) is 6.06. The highest BCUT2D eigenvalue weighted by molar-refractivity contribution is 6.30. The Morgan fingerprint density at radius 2 is 0.706 bits per heavy atom. The Kier molecular flexibility index (Phi) is 3.20. The van der Waals surface area contributed by atoms with Crippen molar-refractivity contribution in [2.45, 2.75) is 0 Å². The lowest BCUT2D eigenvalue weighted by atomic mass is 9.85. The maximum absolute atomic E-state index is 11.3. The molecule has 0 heterocycles. The number of benzene rings is 8. The van der Waals surface area contributed by atoms with E-state index in [-0.39, 0.29) is 11.5 Å². The monoisotopic (exact) mass is 434 g/mol.